The van der Waals surface area contributed by atoms with E-state index >= 15 is 0 Å². The molecule has 5 nitrogen and oxygen atoms in total. The molecular formula is C20H36O5. The molecule has 2 saturated carbocycles. The van der Waals surface area contributed by atoms with Crippen LogP contribution >= 0.6 is 0 Å². The summed E-state index contributed by atoms with van der Waals surface area (Å²) in [6, 6.07) is 0. The van der Waals surface area contributed by atoms with Crippen molar-refractivity contribution in [1.29, 1.82) is 0 Å². The first kappa shape index (κ1) is 20.8. The summed E-state index contributed by atoms with van der Waals surface area (Å²) in [5.41, 5.74) is -3.68. The quantitative estimate of drug-likeness (QED) is 0.493. The van der Waals surface area contributed by atoms with E-state index in [9.17, 15) is 25.5 Å². The van der Waals surface area contributed by atoms with Crippen LogP contribution in [0.1, 0.15) is 60.3 Å². The minimum atomic E-state index is -1.56. The van der Waals surface area contributed by atoms with Crippen LogP contribution in [0.5, 0.6) is 0 Å². The van der Waals surface area contributed by atoms with Crippen LogP contribution in [0.3, 0.4) is 0 Å². The fourth-order valence-corrected chi connectivity index (χ4v) is 5.88. The van der Waals surface area contributed by atoms with Gasteiger partial charge in [0.05, 0.1) is 17.8 Å². The maximum absolute atomic E-state index is 11.1. The summed E-state index contributed by atoms with van der Waals surface area (Å²) in [7, 11) is 0. The first-order valence-corrected chi connectivity index (χ1v) is 9.34. The van der Waals surface area contributed by atoms with Crippen molar-refractivity contribution in [2.24, 2.45) is 22.7 Å². The maximum atomic E-state index is 11.1. The van der Waals surface area contributed by atoms with Gasteiger partial charge in [-0.25, -0.2) is 0 Å². The van der Waals surface area contributed by atoms with Gasteiger partial charge in [0.1, 0.15) is 11.7 Å². The zero-order chi connectivity index (χ0) is 19.4. The number of hydrogen-bond acceptors (Lipinski definition) is 5. The fraction of sp³-hybridized carbons (Fsp3) is 0.900. The van der Waals surface area contributed by atoms with Crippen molar-refractivity contribution in [3.63, 3.8) is 0 Å². The van der Waals surface area contributed by atoms with Crippen LogP contribution in [0.25, 0.3) is 0 Å². The molecule has 0 aliphatic heterocycles. The number of fused-ring (bicyclic) bond motifs is 1. The Bertz CT molecular complexity index is 512. The topological polar surface area (TPSA) is 101 Å². The Labute approximate surface area is 151 Å². The molecule has 0 heterocycles. The van der Waals surface area contributed by atoms with E-state index in [1.54, 1.807) is 0 Å². The summed E-state index contributed by atoms with van der Waals surface area (Å²) < 4.78 is 0. The third-order valence-corrected chi connectivity index (χ3v) is 7.40. The molecule has 2 aliphatic rings. The molecular weight excluding hydrogens is 320 g/mol. The van der Waals surface area contributed by atoms with Crippen molar-refractivity contribution in [3.05, 3.63) is 12.7 Å². The van der Waals surface area contributed by atoms with E-state index in [1.807, 2.05) is 6.92 Å². The van der Waals surface area contributed by atoms with Gasteiger partial charge >= 0.3 is 0 Å². The molecule has 25 heavy (non-hydrogen) atoms. The van der Waals surface area contributed by atoms with E-state index in [0.717, 1.165) is 19.3 Å². The first-order chi connectivity index (χ1) is 11.2. The van der Waals surface area contributed by atoms with Crippen molar-refractivity contribution in [3.8, 4) is 0 Å². The lowest BCUT2D eigenvalue weighted by molar-refractivity contribution is -0.272. The van der Waals surface area contributed by atoms with E-state index in [0.29, 0.717) is 0 Å². The predicted molar refractivity (Wildman–Crippen MR) is 96.8 cm³/mol. The Morgan fingerprint density at radius 2 is 1.76 bits per heavy atom. The zero-order valence-corrected chi connectivity index (χ0v) is 16.2. The molecule has 2 aliphatic carbocycles. The number of aliphatic hydroxyl groups excluding tert-OH is 3. The van der Waals surface area contributed by atoms with Gasteiger partial charge in [-0.2, -0.15) is 0 Å². The van der Waals surface area contributed by atoms with Gasteiger partial charge in [0.15, 0.2) is 0 Å². The van der Waals surface area contributed by atoms with Crippen molar-refractivity contribution in [2.45, 2.75) is 89.8 Å². The molecule has 2 rings (SSSR count). The zero-order valence-electron chi connectivity index (χ0n) is 16.2. The van der Waals surface area contributed by atoms with Crippen LogP contribution in [0.2, 0.25) is 0 Å². The van der Waals surface area contributed by atoms with Gasteiger partial charge in [-0.05, 0) is 55.8 Å². The van der Waals surface area contributed by atoms with Crippen LogP contribution in [0.4, 0.5) is 0 Å². The molecule has 0 aromatic heterocycles. The van der Waals surface area contributed by atoms with Crippen molar-refractivity contribution >= 4 is 0 Å². The molecule has 0 amide bonds. The van der Waals surface area contributed by atoms with Gasteiger partial charge in [-0.3, -0.25) is 0 Å². The largest absolute Gasteiger partial charge is 0.390 e. The smallest absolute Gasteiger partial charge is 0.109 e. The molecule has 0 radical (unpaired) electrons. The monoisotopic (exact) mass is 356 g/mol. The summed E-state index contributed by atoms with van der Waals surface area (Å²) in [5.74, 6) is -0.667. The Kier molecular flexibility index (Phi) is 5.26. The molecule has 0 aromatic rings. The molecule has 0 unspecified atom stereocenters. The van der Waals surface area contributed by atoms with Gasteiger partial charge in [0, 0.05) is 0 Å². The fourth-order valence-electron chi connectivity index (χ4n) is 5.88. The van der Waals surface area contributed by atoms with Gasteiger partial charge in [-0.1, -0.05) is 33.3 Å². The third kappa shape index (κ3) is 3.19. The average molecular weight is 357 g/mol. The number of hydrogen-bond donors (Lipinski definition) is 5. The Balaban J connectivity index is 2.49. The lowest BCUT2D eigenvalue weighted by Crippen LogP contribution is -2.70. The highest BCUT2D eigenvalue weighted by molar-refractivity contribution is 5.15. The summed E-state index contributed by atoms with van der Waals surface area (Å²) in [5, 5.41) is 53.5. The normalized spacial score (nSPS) is 47.4. The van der Waals surface area contributed by atoms with E-state index < -0.39 is 40.8 Å². The van der Waals surface area contributed by atoms with E-state index in [2.05, 4.69) is 20.4 Å². The number of rotatable bonds is 4. The van der Waals surface area contributed by atoms with Crippen LogP contribution < -0.4 is 0 Å². The lowest BCUT2D eigenvalue weighted by atomic mass is 9.43. The third-order valence-electron chi connectivity index (χ3n) is 7.40. The van der Waals surface area contributed by atoms with Crippen molar-refractivity contribution in [1.82, 2.24) is 0 Å². The highest BCUT2D eigenvalue weighted by Crippen LogP contribution is 2.63. The first-order valence-electron chi connectivity index (χ1n) is 9.34. The Hall–Kier alpha value is -0.460. The van der Waals surface area contributed by atoms with Crippen LogP contribution in [0.15, 0.2) is 12.7 Å². The van der Waals surface area contributed by atoms with Crippen LogP contribution in [-0.2, 0) is 0 Å². The summed E-state index contributed by atoms with van der Waals surface area (Å²) >= 11 is 0. The molecule has 2 fully saturated rings. The molecule has 8 atom stereocenters. The minimum Gasteiger partial charge on any atom is -0.390 e. The minimum absolute atomic E-state index is 0.124. The number of aliphatic hydroxyl groups is 5. The van der Waals surface area contributed by atoms with Gasteiger partial charge < -0.3 is 25.5 Å². The van der Waals surface area contributed by atoms with Gasteiger partial charge in [0.25, 0.3) is 0 Å². The van der Waals surface area contributed by atoms with Gasteiger partial charge in [-0.15, -0.1) is 6.58 Å². The average Bonchev–Trinajstić information content (AvgIpc) is 2.48. The molecule has 0 bridgehead atoms. The van der Waals surface area contributed by atoms with Gasteiger partial charge in [0.2, 0.25) is 0 Å². The molecule has 146 valence electrons. The lowest BCUT2D eigenvalue weighted by Gasteiger charge is -2.64. The van der Waals surface area contributed by atoms with Crippen molar-refractivity contribution < 1.29 is 25.5 Å². The highest BCUT2D eigenvalue weighted by Gasteiger charge is 2.65. The van der Waals surface area contributed by atoms with E-state index in [1.165, 1.54) is 19.9 Å². The molecule has 0 spiro atoms. The van der Waals surface area contributed by atoms with Crippen LogP contribution in [0, 0.1) is 22.7 Å². The second kappa shape index (κ2) is 6.31. The van der Waals surface area contributed by atoms with Crippen molar-refractivity contribution in [2.75, 3.05) is 0 Å². The van der Waals surface area contributed by atoms with E-state index in [-0.39, 0.29) is 17.8 Å². The molecule has 5 N–H and O–H groups in total. The summed E-state index contributed by atoms with van der Waals surface area (Å²) in [4.78, 5) is 0. The standard InChI is InChI=1S/C20H36O5/c1-7-19(5,24)13(21)11-12-18(4)10-8-9-17(2,3)15(18)14(22)16(23)20(12,6)25/h7,12-16,21-25H,1,8-11H2,2-6H3/t12-,13+,14+,15-,16+,18+,19-,20+/m1/s1. The molecule has 0 saturated heterocycles. The molecule has 5 heteroatoms. The SMILES string of the molecule is C=C[C@@](C)(O)[C@@H](O)C[C@H]1[C@](C)(O)[C@@H](O)[C@@H](O)[C@@H]2C(C)(C)CCC[C@]21C. The molecule has 0 aromatic carbocycles. The summed E-state index contributed by atoms with van der Waals surface area (Å²) in [6.45, 7) is 12.8. The Morgan fingerprint density at radius 1 is 1.20 bits per heavy atom. The Morgan fingerprint density at radius 3 is 2.28 bits per heavy atom. The second-order valence-corrected chi connectivity index (χ2v) is 9.72. The second-order valence-electron chi connectivity index (χ2n) is 9.72. The highest BCUT2D eigenvalue weighted by atomic mass is 16.4. The summed E-state index contributed by atoms with van der Waals surface area (Å²) in [6.07, 6.45) is 0.685. The predicted octanol–water partition coefficient (Wildman–Crippen LogP) is 1.61. The van der Waals surface area contributed by atoms with Crippen LogP contribution in [-0.4, -0.2) is 55.0 Å². The van der Waals surface area contributed by atoms with E-state index in [4.69, 9.17) is 0 Å². The maximum Gasteiger partial charge on any atom is 0.109 e.